The molecule has 1 heterocycles. The predicted molar refractivity (Wildman–Crippen MR) is 136 cm³/mol. The van der Waals surface area contributed by atoms with E-state index in [2.05, 4.69) is 30.9 Å². The van der Waals surface area contributed by atoms with E-state index in [0.717, 1.165) is 50.0 Å². The summed E-state index contributed by atoms with van der Waals surface area (Å²) in [7, 11) is -0.573. The number of carbonyl (C=O) groups is 1. The summed E-state index contributed by atoms with van der Waals surface area (Å²) < 4.78 is 33.7. The van der Waals surface area contributed by atoms with Gasteiger partial charge in [-0.15, -0.1) is 0 Å². The van der Waals surface area contributed by atoms with Crippen LogP contribution in [0, 0.1) is 0 Å². The van der Waals surface area contributed by atoms with Gasteiger partial charge in [-0.3, -0.25) is 4.79 Å². The Morgan fingerprint density at radius 3 is 2.15 bits per heavy atom. The van der Waals surface area contributed by atoms with E-state index in [9.17, 15) is 13.2 Å². The minimum Gasteiger partial charge on any atom is -0.495 e. The molecule has 186 valence electrons. The number of nitrogens with zero attached hydrogens (tertiary/aromatic N) is 3. The number of hydrogen-bond acceptors (Lipinski definition) is 5. The zero-order valence-corrected chi connectivity index (χ0v) is 21.6. The minimum absolute atomic E-state index is 0.0553. The molecule has 2 aromatic rings. The third-order valence-electron chi connectivity index (χ3n) is 6.42. The Kier molecular flexibility index (Phi) is 8.97. The summed E-state index contributed by atoms with van der Waals surface area (Å²) in [5.41, 5.74) is 2.50. The van der Waals surface area contributed by atoms with Crippen molar-refractivity contribution in [2.75, 3.05) is 45.2 Å². The smallest absolute Gasteiger partial charge is 0.253 e. The molecule has 0 aliphatic carbocycles. The van der Waals surface area contributed by atoms with Crippen LogP contribution in [0.1, 0.15) is 55.5 Å². The zero-order valence-electron chi connectivity index (χ0n) is 20.8. The van der Waals surface area contributed by atoms with E-state index in [4.69, 9.17) is 4.74 Å². The number of rotatable bonds is 9. The van der Waals surface area contributed by atoms with Crippen LogP contribution >= 0.6 is 0 Å². The fourth-order valence-electron chi connectivity index (χ4n) is 4.40. The van der Waals surface area contributed by atoms with Crippen LogP contribution in [0.3, 0.4) is 0 Å². The third kappa shape index (κ3) is 5.91. The molecule has 0 bridgehead atoms. The van der Waals surface area contributed by atoms with Gasteiger partial charge in [0.1, 0.15) is 10.6 Å². The van der Waals surface area contributed by atoms with Crippen molar-refractivity contribution < 1.29 is 17.9 Å². The van der Waals surface area contributed by atoms with Gasteiger partial charge in [-0.2, -0.15) is 4.31 Å². The number of amides is 1. The van der Waals surface area contributed by atoms with Crippen LogP contribution in [0.5, 0.6) is 5.75 Å². The van der Waals surface area contributed by atoms with Gasteiger partial charge in [-0.1, -0.05) is 25.0 Å². The lowest BCUT2D eigenvalue weighted by atomic mass is 10.1. The Balaban J connectivity index is 1.80. The molecule has 7 nitrogen and oxygen atoms in total. The second-order valence-corrected chi connectivity index (χ2v) is 10.6. The van der Waals surface area contributed by atoms with Crippen LogP contribution < -0.4 is 9.64 Å². The molecule has 1 aliphatic rings. The zero-order chi connectivity index (χ0) is 24.7. The van der Waals surface area contributed by atoms with E-state index in [0.29, 0.717) is 25.2 Å². The van der Waals surface area contributed by atoms with Gasteiger partial charge in [0, 0.05) is 51.0 Å². The molecule has 2 aromatic carbocycles. The molecular formula is C26H37N3O4S. The number of methoxy groups -OCH3 is 1. The van der Waals surface area contributed by atoms with Crippen molar-refractivity contribution in [1.82, 2.24) is 9.21 Å². The first-order chi connectivity index (χ1) is 16.3. The molecule has 1 aliphatic heterocycles. The summed E-state index contributed by atoms with van der Waals surface area (Å²) in [6, 6.07) is 12.9. The van der Waals surface area contributed by atoms with E-state index < -0.39 is 10.0 Å². The van der Waals surface area contributed by atoms with Gasteiger partial charge in [-0.05, 0) is 62.6 Å². The standard InChI is InChI=1S/C26H37N3O4S/c1-5-28(6-2)23-14-11-21(12-15-23)20-27(3)26(30)22-13-16-24(33-4)25(19-22)34(31,32)29-17-9-7-8-10-18-29/h11-16,19H,5-10,17-18,20H2,1-4H3. The molecule has 0 unspecified atom stereocenters. The summed E-state index contributed by atoms with van der Waals surface area (Å²) in [6.45, 7) is 7.54. The van der Waals surface area contributed by atoms with E-state index >= 15 is 0 Å². The van der Waals surface area contributed by atoms with E-state index in [1.807, 2.05) is 12.1 Å². The van der Waals surface area contributed by atoms with Crippen LogP contribution in [-0.2, 0) is 16.6 Å². The second-order valence-electron chi connectivity index (χ2n) is 8.68. The van der Waals surface area contributed by atoms with Crippen molar-refractivity contribution in [1.29, 1.82) is 0 Å². The van der Waals surface area contributed by atoms with Crippen LogP contribution in [0.4, 0.5) is 5.69 Å². The molecular weight excluding hydrogens is 450 g/mol. The second kappa shape index (κ2) is 11.7. The van der Waals surface area contributed by atoms with Crippen molar-refractivity contribution in [3.63, 3.8) is 0 Å². The highest BCUT2D eigenvalue weighted by molar-refractivity contribution is 7.89. The SMILES string of the molecule is CCN(CC)c1ccc(CN(C)C(=O)c2ccc(OC)c(S(=O)(=O)N3CCCCCC3)c2)cc1. The number of sulfonamides is 1. The maximum atomic E-state index is 13.4. The van der Waals surface area contributed by atoms with Crippen molar-refractivity contribution in [3.05, 3.63) is 53.6 Å². The summed E-state index contributed by atoms with van der Waals surface area (Å²) in [5.74, 6) is 0.0261. The average molecular weight is 488 g/mol. The molecule has 0 radical (unpaired) electrons. The number of benzene rings is 2. The van der Waals surface area contributed by atoms with Crippen LogP contribution in [-0.4, -0.2) is 63.9 Å². The maximum Gasteiger partial charge on any atom is 0.253 e. The van der Waals surface area contributed by atoms with Crippen LogP contribution in [0.25, 0.3) is 0 Å². The Bertz CT molecular complexity index is 1060. The Hall–Kier alpha value is -2.58. The van der Waals surface area contributed by atoms with Gasteiger partial charge in [-0.25, -0.2) is 8.42 Å². The largest absolute Gasteiger partial charge is 0.495 e. The first-order valence-corrected chi connectivity index (χ1v) is 13.5. The van der Waals surface area contributed by atoms with Crippen LogP contribution in [0.15, 0.2) is 47.4 Å². The topological polar surface area (TPSA) is 70.2 Å². The first kappa shape index (κ1) is 26.0. The third-order valence-corrected chi connectivity index (χ3v) is 8.34. The van der Waals surface area contributed by atoms with E-state index in [1.54, 1.807) is 24.1 Å². The molecule has 1 amide bonds. The molecule has 0 spiro atoms. The first-order valence-electron chi connectivity index (χ1n) is 12.1. The highest BCUT2D eigenvalue weighted by Gasteiger charge is 2.29. The summed E-state index contributed by atoms with van der Waals surface area (Å²) in [4.78, 5) is 17.1. The number of carbonyl (C=O) groups excluding carboxylic acids is 1. The van der Waals surface area contributed by atoms with E-state index in [1.165, 1.54) is 17.5 Å². The summed E-state index contributed by atoms with van der Waals surface area (Å²) >= 11 is 0. The molecule has 0 aromatic heterocycles. The van der Waals surface area contributed by atoms with Gasteiger partial charge >= 0.3 is 0 Å². The quantitative estimate of drug-likeness (QED) is 0.525. The van der Waals surface area contributed by atoms with Gasteiger partial charge < -0.3 is 14.5 Å². The van der Waals surface area contributed by atoms with Crippen LogP contribution in [0.2, 0.25) is 0 Å². The number of hydrogen-bond donors (Lipinski definition) is 0. The fraction of sp³-hybridized carbons (Fsp3) is 0.500. The van der Waals surface area contributed by atoms with Gasteiger partial charge in [0.25, 0.3) is 5.91 Å². The Labute approximate surface area is 204 Å². The van der Waals surface area contributed by atoms with Crippen molar-refractivity contribution in [2.24, 2.45) is 0 Å². The molecule has 8 heteroatoms. The number of anilines is 1. The summed E-state index contributed by atoms with van der Waals surface area (Å²) in [6.07, 6.45) is 3.75. The van der Waals surface area contributed by atoms with Gasteiger partial charge in [0.2, 0.25) is 10.0 Å². The number of ether oxygens (including phenoxy) is 1. The Morgan fingerprint density at radius 1 is 0.971 bits per heavy atom. The minimum atomic E-state index is -3.75. The lowest BCUT2D eigenvalue weighted by molar-refractivity contribution is 0.0785. The van der Waals surface area contributed by atoms with Crippen molar-refractivity contribution in [2.45, 2.75) is 51.0 Å². The predicted octanol–water partition coefficient (Wildman–Crippen LogP) is 4.38. The van der Waals surface area contributed by atoms with E-state index in [-0.39, 0.29) is 16.6 Å². The average Bonchev–Trinajstić information content (AvgIpc) is 3.15. The molecule has 3 rings (SSSR count). The fourth-order valence-corrected chi connectivity index (χ4v) is 6.10. The normalized spacial score (nSPS) is 14.9. The lowest BCUT2D eigenvalue weighted by Crippen LogP contribution is -2.32. The molecule has 1 fully saturated rings. The maximum absolute atomic E-state index is 13.4. The highest BCUT2D eigenvalue weighted by Crippen LogP contribution is 2.30. The summed E-state index contributed by atoms with van der Waals surface area (Å²) in [5, 5.41) is 0. The monoisotopic (exact) mass is 487 g/mol. The molecule has 0 saturated carbocycles. The van der Waals surface area contributed by atoms with Gasteiger partial charge in [0.05, 0.1) is 7.11 Å². The Morgan fingerprint density at radius 2 is 1.59 bits per heavy atom. The molecule has 0 atom stereocenters. The highest BCUT2D eigenvalue weighted by atomic mass is 32.2. The van der Waals surface area contributed by atoms with Gasteiger partial charge in [0.15, 0.2) is 0 Å². The van der Waals surface area contributed by atoms with Crippen molar-refractivity contribution in [3.8, 4) is 5.75 Å². The lowest BCUT2D eigenvalue weighted by Gasteiger charge is -2.23. The molecule has 1 saturated heterocycles. The van der Waals surface area contributed by atoms with Crippen molar-refractivity contribution >= 4 is 21.6 Å². The molecule has 34 heavy (non-hydrogen) atoms. The molecule has 0 N–H and O–H groups in total.